The second kappa shape index (κ2) is 8.53. The number of phenolic OH excluding ortho intramolecular Hbond substituents is 1. The van der Waals surface area contributed by atoms with Crippen molar-refractivity contribution >= 4 is 33.7 Å². The Bertz CT molecular complexity index is 793. The van der Waals surface area contributed by atoms with Gasteiger partial charge in [0.15, 0.2) is 11.5 Å². The van der Waals surface area contributed by atoms with Crippen molar-refractivity contribution < 1.29 is 14.6 Å². The van der Waals surface area contributed by atoms with Crippen molar-refractivity contribution in [2.45, 2.75) is 19.9 Å². The number of phenols is 1. The van der Waals surface area contributed by atoms with E-state index in [0.717, 1.165) is 15.7 Å². The van der Waals surface area contributed by atoms with Gasteiger partial charge in [0.05, 0.1) is 13.3 Å². The van der Waals surface area contributed by atoms with E-state index in [9.17, 15) is 9.90 Å². The van der Waals surface area contributed by atoms with Crippen molar-refractivity contribution in [1.29, 1.82) is 0 Å². The predicted octanol–water partition coefficient (Wildman–Crippen LogP) is 3.42. The number of methoxy groups -OCH3 is 1. The molecule has 0 aliphatic rings. The average Bonchev–Trinajstić information content (AvgIpc) is 2.59. The Morgan fingerprint density at radius 2 is 2.08 bits per heavy atom. The lowest BCUT2D eigenvalue weighted by Gasteiger charge is -2.15. The van der Waals surface area contributed by atoms with Crippen molar-refractivity contribution in [2.24, 2.45) is 5.10 Å². The van der Waals surface area contributed by atoms with Crippen LogP contribution in [0.5, 0.6) is 11.5 Å². The van der Waals surface area contributed by atoms with Crippen LogP contribution in [0.2, 0.25) is 0 Å². The number of nitrogens with one attached hydrogen (secondary N) is 2. The van der Waals surface area contributed by atoms with Crippen LogP contribution in [0.25, 0.3) is 0 Å². The van der Waals surface area contributed by atoms with Crippen LogP contribution >= 0.6 is 15.9 Å². The van der Waals surface area contributed by atoms with Crippen molar-refractivity contribution in [3.05, 3.63) is 52.0 Å². The standard InChI is InChI=1S/C18H20BrN3O3/c1-11-6-4-5-7-15(11)21-12(2)18(24)22-20-10-13-8-14(19)9-16(25-3)17(13)23/h4-10,12,21,23H,1-3H3,(H,22,24)/b20-10-/t12-/m0/s1. The first-order chi connectivity index (χ1) is 11.9. The van der Waals surface area contributed by atoms with Gasteiger partial charge in [-0.15, -0.1) is 0 Å². The lowest BCUT2D eigenvalue weighted by molar-refractivity contribution is -0.121. The smallest absolute Gasteiger partial charge is 0.262 e. The number of aryl methyl sites for hydroxylation is 1. The normalized spacial score (nSPS) is 12.0. The number of hydrazone groups is 1. The van der Waals surface area contributed by atoms with E-state index in [1.165, 1.54) is 13.3 Å². The Kier molecular flexibility index (Phi) is 6.41. The molecule has 0 heterocycles. The van der Waals surface area contributed by atoms with Gasteiger partial charge in [-0.05, 0) is 37.6 Å². The molecule has 0 unspecified atom stereocenters. The minimum absolute atomic E-state index is 0.0465. The fourth-order valence-electron chi connectivity index (χ4n) is 2.14. The molecule has 0 saturated heterocycles. The molecule has 0 bridgehead atoms. The molecule has 0 aliphatic heterocycles. The summed E-state index contributed by atoms with van der Waals surface area (Å²) in [6.45, 7) is 3.71. The van der Waals surface area contributed by atoms with E-state index < -0.39 is 6.04 Å². The second-order valence-electron chi connectivity index (χ2n) is 5.46. The topological polar surface area (TPSA) is 83.0 Å². The third kappa shape index (κ3) is 4.96. The minimum Gasteiger partial charge on any atom is -0.504 e. The SMILES string of the molecule is COc1cc(Br)cc(/C=N\NC(=O)[C@H](C)Nc2ccccc2C)c1O. The Morgan fingerprint density at radius 3 is 2.76 bits per heavy atom. The summed E-state index contributed by atoms with van der Waals surface area (Å²) in [5.41, 5.74) is 4.82. The van der Waals surface area contributed by atoms with Crippen LogP contribution < -0.4 is 15.5 Å². The molecule has 132 valence electrons. The Morgan fingerprint density at radius 1 is 1.36 bits per heavy atom. The Hall–Kier alpha value is -2.54. The van der Waals surface area contributed by atoms with Gasteiger partial charge in [0.25, 0.3) is 5.91 Å². The van der Waals surface area contributed by atoms with Gasteiger partial charge in [0, 0.05) is 15.7 Å². The monoisotopic (exact) mass is 405 g/mol. The maximum Gasteiger partial charge on any atom is 0.262 e. The maximum atomic E-state index is 12.1. The summed E-state index contributed by atoms with van der Waals surface area (Å²) < 4.78 is 5.80. The number of aromatic hydroxyl groups is 1. The van der Waals surface area contributed by atoms with Crippen molar-refractivity contribution in [1.82, 2.24) is 5.43 Å². The number of amides is 1. The number of carbonyl (C=O) groups is 1. The molecule has 0 spiro atoms. The van der Waals surface area contributed by atoms with Gasteiger partial charge in [-0.25, -0.2) is 5.43 Å². The van der Waals surface area contributed by atoms with Crippen molar-refractivity contribution in [2.75, 3.05) is 12.4 Å². The first-order valence-corrected chi connectivity index (χ1v) is 8.43. The number of hydrogen-bond acceptors (Lipinski definition) is 5. The average molecular weight is 406 g/mol. The summed E-state index contributed by atoms with van der Waals surface area (Å²) in [4.78, 5) is 12.1. The molecule has 0 aromatic heterocycles. The zero-order valence-corrected chi connectivity index (χ0v) is 15.8. The molecule has 2 aromatic rings. The molecule has 3 N–H and O–H groups in total. The molecule has 2 rings (SSSR count). The second-order valence-corrected chi connectivity index (χ2v) is 6.38. The summed E-state index contributed by atoms with van der Waals surface area (Å²) in [5, 5.41) is 17.1. The van der Waals surface area contributed by atoms with Gasteiger partial charge in [0.1, 0.15) is 6.04 Å². The highest BCUT2D eigenvalue weighted by Crippen LogP contribution is 2.32. The van der Waals surface area contributed by atoms with Crippen LogP contribution in [0.15, 0.2) is 46.0 Å². The van der Waals surface area contributed by atoms with Crippen LogP contribution in [0, 0.1) is 6.92 Å². The molecule has 1 amide bonds. The zero-order chi connectivity index (χ0) is 18.4. The Balaban J connectivity index is 2.01. The molecule has 0 radical (unpaired) electrons. The highest BCUT2D eigenvalue weighted by Gasteiger charge is 2.13. The van der Waals surface area contributed by atoms with Crippen molar-refractivity contribution in [3.63, 3.8) is 0 Å². The van der Waals surface area contributed by atoms with E-state index in [0.29, 0.717) is 11.3 Å². The number of benzene rings is 2. The van der Waals surface area contributed by atoms with Crippen LogP contribution in [-0.2, 0) is 4.79 Å². The summed E-state index contributed by atoms with van der Waals surface area (Å²) in [7, 11) is 1.46. The van der Waals surface area contributed by atoms with Crippen LogP contribution in [-0.4, -0.2) is 30.4 Å². The van der Waals surface area contributed by atoms with Gasteiger partial charge in [-0.3, -0.25) is 4.79 Å². The number of nitrogens with zero attached hydrogens (tertiary/aromatic N) is 1. The van der Waals surface area contributed by atoms with Crippen LogP contribution in [0.1, 0.15) is 18.1 Å². The number of carbonyl (C=O) groups excluding carboxylic acids is 1. The van der Waals surface area contributed by atoms with E-state index in [-0.39, 0.29) is 11.7 Å². The lowest BCUT2D eigenvalue weighted by atomic mass is 10.2. The first kappa shape index (κ1) is 18.8. The predicted molar refractivity (Wildman–Crippen MR) is 102 cm³/mol. The van der Waals surface area contributed by atoms with Gasteiger partial charge in [0.2, 0.25) is 0 Å². The summed E-state index contributed by atoms with van der Waals surface area (Å²) >= 11 is 3.33. The molecule has 6 nitrogen and oxygen atoms in total. The highest BCUT2D eigenvalue weighted by atomic mass is 79.9. The summed E-state index contributed by atoms with van der Waals surface area (Å²) in [6, 6.07) is 10.6. The summed E-state index contributed by atoms with van der Waals surface area (Å²) in [5.74, 6) is -0.0209. The maximum absolute atomic E-state index is 12.1. The van der Waals surface area contributed by atoms with Gasteiger partial charge in [-0.2, -0.15) is 5.10 Å². The van der Waals surface area contributed by atoms with E-state index >= 15 is 0 Å². The lowest BCUT2D eigenvalue weighted by Crippen LogP contribution is -2.35. The molecule has 0 saturated carbocycles. The van der Waals surface area contributed by atoms with E-state index in [1.54, 1.807) is 19.1 Å². The van der Waals surface area contributed by atoms with Gasteiger partial charge in [-0.1, -0.05) is 34.1 Å². The van der Waals surface area contributed by atoms with E-state index in [2.05, 4.69) is 31.8 Å². The van der Waals surface area contributed by atoms with Gasteiger partial charge < -0.3 is 15.2 Å². The fraction of sp³-hybridized carbons (Fsp3) is 0.222. The molecule has 25 heavy (non-hydrogen) atoms. The van der Waals surface area contributed by atoms with Crippen LogP contribution in [0.3, 0.4) is 0 Å². The number of ether oxygens (including phenoxy) is 1. The molecule has 0 aliphatic carbocycles. The molecule has 2 aromatic carbocycles. The Labute approximate surface area is 155 Å². The number of rotatable bonds is 6. The van der Waals surface area contributed by atoms with E-state index in [4.69, 9.17) is 4.74 Å². The molecule has 1 atom stereocenters. The first-order valence-electron chi connectivity index (χ1n) is 7.64. The molecular formula is C18H20BrN3O3. The van der Waals surface area contributed by atoms with Gasteiger partial charge >= 0.3 is 0 Å². The molecule has 0 fully saturated rings. The fourth-order valence-corrected chi connectivity index (χ4v) is 2.60. The molecule has 7 heteroatoms. The summed E-state index contributed by atoms with van der Waals surface area (Å²) in [6.07, 6.45) is 1.36. The van der Waals surface area contributed by atoms with Crippen LogP contribution in [0.4, 0.5) is 5.69 Å². The third-order valence-electron chi connectivity index (χ3n) is 3.58. The number of anilines is 1. The third-order valence-corrected chi connectivity index (χ3v) is 4.04. The van der Waals surface area contributed by atoms with E-state index in [1.807, 2.05) is 31.2 Å². The quantitative estimate of drug-likeness (QED) is 0.507. The minimum atomic E-state index is -0.469. The number of para-hydroxylation sites is 1. The molecular weight excluding hydrogens is 386 g/mol. The largest absolute Gasteiger partial charge is 0.504 e. The highest BCUT2D eigenvalue weighted by molar-refractivity contribution is 9.10. The number of hydrogen-bond donors (Lipinski definition) is 3. The number of halogens is 1. The zero-order valence-electron chi connectivity index (χ0n) is 14.2. The van der Waals surface area contributed by atoms with Crippen molar-refractivity contribution in [3.8, 4) is 11.5 Å².